The van der Waals surface area contributed by atoms with Crippen molar-refractivity contribution in [3.8, 4) is 0 Å². The molecule has 1 saturated heterocycles. The summed E-state index contributed by atoms with van der Waals surface area (Å²) in [5.74, 6) is -1.40. The number of carboxylic acids is 1. The Labute approximate surface area is 124 Å². The van der Waals surface area contributed by atoms with Crippen LogP contribution in [0.3, 0.4) is 0 Å². The predicted molar refractivity (Wildman–Crippen MR) is 80.3 cm³/mol. The number of aryl methyl sites for hydroxylation is 2. The largest absolute Gasteiger partial charge is 0.481 e. The minimum Gasteiger partial charge on any atom is -0.481 e. The van der Waals surface area contributed by atoms with Crippen LogP contribution in [0.5, 0.6) is 0 Å². The average molecular weight is 287 g/mol. The normalized spacial score (nSPS) is 28.6. The maximum absolute atomic E-state index is 12.4. The third-order valence-corrected chi connectivity index (χ3v) is 4.95. The van der Waals surface area contributed by atoms with Gasteiger partial charge in [0.1, 0.15) is 0 Å². The van der Waals surface area contributed by atoms with E-state index in [4.69, 9.17) is 0 Å². The van der Waals surface area contributed by atoms with E-state index in [9.17, 15) is 14.7 Å². The predicted octanol–water partition coefficient (Wildman–Crippen LogP) is 2.64. The smallest absolute Gasteiger partial charge is 0.308 e. The zero-order valence-electron chi connectivity index (χ0n) is 12.5. The second kappa shape index (κ2) is 5.17. The standard InChI is InChI=1S/C17H21NO3/c1-10-8-15(19)18(11(2)16(10)17(20)21)14-7-6-12-4-3-5-13(12)9-14/h6-7,9-11,16H,3-5,8H2,1-2H3,(H,20,21). The fourth-order valence-corrected chi connectivity index (χ4v) is 3.90. The summed E-state index contributed by atoms with van der Waals surface area (Å²) in [5.41, 5.74) is 3.52. The van der Waals surface area contributed by atoms with Crippen LogP contribution in [0.15, 0.2) is 18.2 Å². The first-order valence-electron chi connectivity index (χ1n) is 7.65. The van der Waals surface area contributed by atoms with Crippen molar-refractivity contribution in [2.45, 2.75) is 45.6 Å². The summed E-state index contributed by atoms with van der Waals surface area (Å²) in [6.45, 7) is 3.70. The lowest BCUT2D eigenvalue weighted by Gasteiger charge is -2.40. The lowest BCUT2D eigenvalue weighted by atomic mass is 9.80. The summed E-state index contributed by atoms with van der Waals surface area (Å²) in [5, 5.41) is 9.45. The van der Waals surface area contributed by atoms with Crippen LogP contribution >= 0.6 is 0 Å². The summed E-state index contributed by atoms with van der Waals surface area (Å²) in [7, 11) is 0. The summed E-state index contributed by atoms with van der Waals surface area (Å²) in [4.78, 5) is 25.6. The molecular weight excluding hydrogens is 266 g/mol. The molecule has 1 aliphatic heterocycles. The first-order valence-corrected chi connectivity index (χ1v) is 7.65. The lowest BCUT2D eigenvalue weighted by molar-refractivity contribution is -0.146. The number of anilines is 1. The summed E-state index contributed by atoms with van der Waals surface area (Å²) in [6.07, 6.45) is 3.63. The number of hydrogen-bond donors (Lipinski definition) is 1. The van der Waals surface area contributed by atoms with Gasteiger partial charge in [-0.3, -0.25) is 9.59 Å². The van der Waals surface area contributed by atoms with E-state index in [-0.39, 0.29) is 17.9 Å². The van der Waals surface area contributed by atoms with Crippen LogP contribution in [0.2, 0.25) is 0 Å². The molecule has 0 aromatic heterocycles. The molecular formula is C17H21NO3. The molecule has 3 unspecified atom stereocenters. The average Bonchev–Trinajstić information content (AvgIpc) is 2.84. The van der Waals surface area contributed by atoms with E-state index >= 15 is 0 Å². The second-order valence-electron chi connectivity index (χ2n) is 6.36. The Hall–Kier alpha value is -1.84. The molecule has 2 aliphatic rings. The van der Waals surface area contributed by atoms with Crippen LogP contribution in [0.4, 0.5) is 5.69 Å². The number of aliphatic carboxylic acids is 1. The molecule has 0 saturated carbocycles. The Morgan fingerprint density at radius 1 is 1.24 bits per heavy atom. The SMILES string of the molecule is CC1CC(=O)N(c2ccc3c(c2)CCC3)C(C)C1C(=O)O. The Morgan fingerprint density at radius 2 is 1.95 bits per heavy atom. The fourth-order valence-electron chi connectivity index (χ4n) is 3.90. The van der Waals surface area contributed by atoms with E-state index in [2.05, 4.69) is 12.1 Å². The van der Waals surface area contributed by atoms with Gasteiger partial charge in [-0.2, -0.15) is 0 Å². The van der Waals surface area contributed by atoms with E-state index in [0.717, 1.165) is 24.9 Å². The third-order valence-electron chi connectivity index (χ3n) is 4.95. The minimum absolute atomic E-state index is 0.0328. The number of rotatable bonds is 2. The molecule has 1 N–H and O–H groups in total. The highest BCUT2D eigenvalue weighted by Gasteiger charge is 2.42. The maximum Gasteiger partial charge on any atom is 0.308 e. The van der Waals surface area contributed by atoms with E-state index in [0.29, 0.717) is 6.42 Å². The number of fused-ring (bicyclic) bond motifs is 1. The van der Waals surface area contributed by atoms with Gasteiger partial charge in [0.15, 0.2) is 0 Å². The Balaban J connectivity index is 1.96. The molecule has 1 amide bonds. The first-order chi connectivity index (χ1) is 9.99. The number of amides is 1. The highest BCUT2D eigenvalue weighted by atomic mass is 16.4. The molecule has 3 rings (SSSR count). The first kappa shape index (κ1) is 14.1. The topological polar surface area (TPSA) is 57.6 Å². The minimum atomic E-state index is -0.811. The molecule has 3 atom stereocenters. The fraction of sp³-hybridized carbons (Fsp3) is 0.529. The zero-order valence-corrected chi connectivity index (χ0v) is 12.5. The second-order valence-corrected chi connectivity index (χ2v) is 6.36. The van der Waals surface area contributed by atoms with Crippen molar-refractivity contribution >= 4 is 17.6 Å². The van der Waals surface area contributed by atoms with Crippen molar-refractivity contribution in [2.75, 3.05) is 4.90 Å². The Kier molecular flexibility index (Phi) is 3.47. The van der Waals surface area contributed by atoms with Gasteiger partial charge in [0.2, 0.25) is 5.91 Å². The van der Waals surface area contributed by atoms with E-state index in [1.807, 2.05) is 19.9 Å². The van der Waals surface area contributed by atoms with Gasteiger partial charge >= 0.3 is 5.97 Å². The van der Waals surface area contributed by atoms with Crippen LogP contribution in [0.25, 0.3) is 0 Å². The van der Waals surface area contributed by atoms with Gasteiger partial charge in [-0.15, -0.1) is 0 Å². The molecule has 1 heterocycles. The van der Waals surface area contributed by atoms with E-state index in [1.165, 1.54) is 11.1 Å². The lowest BCUT2D eigenvalue weighted by Crippen LogP contribution is -2.53. The third kappa shape index (κ3) is 2.33. The van der Waals surface area contributed by atoms with Crippen LogP contribution in [-0.2, 0) is 22.4 Å². The molecule has 1 fully saturated rings. The molecule has 1 aliphatic carbocycles. The number of carbonyl (C=O) groups excluding carboxylic acids is 1. The molecule has 112 valence electrons. The number of benzene rings is 1. The van der Waals surface area contributed by atoms with Crippen LogP contribution < -0.4 is 4.90 Å². The molecule has 0 radical (unpaired) electrons. The van der Waals surface area contributed by atoms with Crippen molar-refractivity contribution in [1.82, 2.24) is 0 Å². The maximum atomic E-state index is 12.4. The van der Waals surface area contributed by atoms with Gasteiger partial charge < -0.3 is 10.0 Å². The molecule has 4 heteroatoms. The molecule has 0 bridgehead atoms. The van der Waals surface area contributed by atoms with Crippen molar-refractivity contribution in [3.63, 3.8) is 0 Å². The number of carboxylic acid groups (broad SMARTS) is 1. The number of nitrogens with zero attached hydrogens (tertiary/aromatic N) is 1. The summed E-state index contributed by atoms with van der Waals surface area (Å²) < 4.78 is 0. The molecule has 0 spiro atoms. The molecule has 4 nitrogen and oxygen atoms in total. The van der Waals surface area contributed by atoms with Gasteiger partial charge in [0, 0.05) is 18.2 Å². The van der Waals surface area contributed by atoms with Gasteiger partial charge in [-0.1, -0.05) is 13.0 Å². The zero-order chi connectivity index (χ0) is 15.1. The van der Waals surface area contributed by atoms with Crippen LogP contribution in [0.1, 0.15) is 37.8 Å². The molecule has 1 aromatic carbocycles. The summed E-state index contributed by atoms with van der Waals surface area (Å²) in [6, 6.07) is 5.82. The van der Waals surface area contributed by atoms with Crippen LogP contribution in [-0.4, -0.2) is 23.0 Å². The Bertz CT molecular complexity index is 596. The van der Waals surface area contributed by atoms with Crippen molar-refractivity contribution in [1.29, 1.82) is 0 Å². The van der Waals surface area contributed by atoms with Gasteiger partial charge in [-0.05, 0) is 55.4 Å². The highest BCUT2D eigenvalue weighted by Crippen LogP contribution is 2.35. The van der Waals surface area contributed by atoms with Crippen molar-refractivity contribution in [2.24, 2.45) is 11.8 Å². The quantitative estimate of drug-likeness (QED) is 0.909. The van der Waals surface area contributed by atoms with Crippen molar-refractivity contribution in [3.05, 3.63) is 29.3 Å². The highest BCUT2D eigenvalue weighted by molar-refractivity contribution is 5.96. The number of piperidine rings is 1. The van der Waals surface area contributed by atoms with E-state index < -0.39 is 11.9 Å². The van der Waals surface area contributed by atoms with Gasteiger partial charge in [0.05, 0.1) is 5.92 Å². The van der Waals surface area contributed by atoms with Gasteiger partial charge in [0.25, 0.3) is 0 Å². The van der Waals surface area contributed by atoms with Crippen molar-refractivity contribution < 1.29 is 14.7 Å². The molecule has 21 heavy (non-hydrogen) atoms. The van der Waals surface area contributed by atoms with Gasteiger partial charge in [-0.25, -0.2) is 0 Å². The van der Waals surface area contributed by atoms with E-state index in [1.54, 1.807) is 4.90 Å². The van der Waals surface area contributed by atoms with Crippen LogP contribution in [0, 0.1) is 11.8 Å². The number of carbonyl (C=O) groups is 2. The monoisotopic (exact) mass is 287 g/mol. The Morgan fingerprint density at radius 3 is 2.67 bits per heavy atom. The molecule has 1 aromatic rings. The number of hydrogen-bond acceptors (Lipinski definition) is 2. The summed E-state index contributed by atoms with van der Waals surface area (Å²) >= 11 is 0.